The van der Waals surface area contributed by atoms with Gasteiger partial charge in [-0.2, -0.15) is 4.37 Å². The van der Waals surface area contributed by atoms with E-state index in [-0.39, 0.29) is 10.9 Å². The largest absolute Gasteiger partial charge is 0.306 e. The van der Waals surface area contributed by atoms with Crippen molar-refractivity contribution in [1.82, 2.24) is 14.4 Å². The molecule has 0 saturated carbocycles. The first-order chi connectivity index (χ1) is 9.94. The second kappa shape index (κ2) is 6.65. The average Bonchev–Trinajstić information content (AvgIpc) is 2.90. The molecule has 0 aliphatic rings. The van der Waals surface area contributed by atoms with Crippen molar-refractivity contribution in [3.8, 4) is 0 Å². The van der Waals surface area contributed by atoms with Gasteiger partial charge < -0.3 is 5.32 Å². The van der Waals surface area contributed by atoms with Gasteiger partial charge in [0, 0.05) is 18.0 Å². The number of rotatable bonds is 6. The molecule has 0 aliphatic heterocycles. The topological polar surface area (TPSA) is 71.1 Å². The first kappa shape index (κ1) is 16.1. The van der Waals surface area contributed by atoms with Crippen molar-refractivity contribution >= 4 is 21.6 Å². The zero-order chi connectivity index (χ0) is 15.5. The van der Waals surface area contributed by atoms with Crippen LogP contribution < -0.4 is 10.0 Å². The van der Waals surface area contributed by atoms with E-state index >= 15 is 0 Å². The molecule has 0 radical (unpaired) electrons. The molecule has 0 amide bonds. The smallest absolute Gasteiger partial charge is 0.240 e. The van der Waals surface area contributed by atoms with E-state index in [9.17, 15) is 8.42 Å². The number of hydrogen-bond donors (Lipinski definition) is 2. The summed E-state index contributed by atoms with van der Waals surface area (Å²) in [6.45, 7) is 4.80. The Bertz CT molecular complexity index is 693. The van der Waals surface area contributed by atoms with Crippen LogP contribution in [0.25, 0.3) is 0 Å². The van der Waals surface area contributed by atoms with E-state index < -0.39 is 10.0 Å². The van der Waals surface area contributed by atoms with E-state index in [0.29, 0.717) is 0 Å². The first-order valence-corrected chi connectivity index (χ1v) is 8.93. The molecule has 2 aromatic rings. The number of nitrogens with one attached hydrogen (secondary N) is 2. The molecule has 0 spiro atoms. The minimum atomic E-state index is -3.37. The van der Waals surface area contributed by atoms with Crippen LogP contribution in [0.5, 0.6) is 0 Å². The van der Waals surface area contributed by atoms with Crippen LogP contribution in [0, 0.1) is 6.92 Å². The average molecular weight is 325 g/mol. The van der Waals surface area contributed by atoms with Crippen molar-refractivity contribution in [2.75, 3.05) is 7.05 Å². The van der Waals surface area contributed by atoms with E-state index in [4.69, 9.17) is 0 Å². The summed E-state index contributed by atoms with van der Waals surface area (Å²) in [4.78, 5) is 0.277. The molecule has 0 saturated heterocycles. The quantitative estimate of drug-likeness (QED) is 0.854. The van der Waals surface area contributed by atoms with Gasteiger partial charge in [0.2, 0.25) is 10.0 Å². The van der Waals surface area contributed by atoms with Gasteiger partial charge in [-0.25, -0.2) is 13.1 Å². The zero-order valence-electron chi connectivity index (χ0n) is 12.3. The lowest BCUT2D eigenvalue weighted by atomic mass is 10.1. The number of aryl methyl sites for hydroxylation is 1. The van der Waals surface area contributed by atoms with Gasteiger partial charge in [-0.3, -0.25) is 0 Å². The van der Waals surface area contributed by atoms with Crippen LogP contribution in [-0.2, 0) is 16.6 Å². The number of hydrogen-bond acceptors (Lipinski definition) is 5. The Hall–Kier alpha value is -1.28. The van der Waals surface area contributed by atoms with Gasteiger partial charge in [-0.1, -0.05) is 12.1 Å². The van der Waals surface area contributed by atoms with Crippen LogP contribution in [-0.4, -0.2) is 19.8 Å². The molecular formula is C14H19N3O2S2. The van der Waals surface area contributed by atoms with Crippen molar-refractivity contribution in [3.63, 3.8) is 0 Å². The fourth-order valence-corrected chi connectivity index (χ4v) is 3.36. The van der Waals surface area contributed by atoms with Crippen molar-refractivity contribution in [3.05, 3.63) is 46.5 Å². The zero-order valence-corrected chi connectivity index (χ0v) is 13.9. The maximum absolute atomic E-state index is 11.7. The summed E-state index contributed by atoms with van der Waals surface area (Å²) in [7, 11) is -1.96. The van der Waals surface area contributed by atoms with Gasteiger partial charge in [0.1, 0.15) is 0 Å². The maximum Gasteiger partial charge on any atom is 0.240 e. The Labute approximate surface area is 129 Å². The molecule has 114 valence electrons. The maximum atomic E-state index is 11.7. The van der Waals surface area contributed by atoms with E-state index in [1.165, 1.54) is 24.1 Å². The summed E-state index contributed by atoms with van der Waals surface area (Å²) in [6, 6.07) is 7.05. The minimum Gasteiger partial charge on any atom is -0.306 e. The van der Waals surface area contributed by atoms with Crippen LogP contribution in [0.1, 0.15) is 29.8 Å². The normalized spacial score (nSPS) is 13.3. The third-order valence-corrected chi connectivity index (χ3v) is 5.61. The van der Waals surface area contributed by atoms with E-state index in [0.717, 1.165) is 17.8 Å². The summed E-state index contributed by atoms with van der Waals surface area (Å²) in [5, 5.41) is 5.46. The third-order valence-electron chi connectivity index (χ3n) is 3.41. The van der Waals surface area contributed by atoms with Crippen LogP contribution >= 0.6 is 11.5 Å². The number of aromatic nitrogens is 1. The molecule has 5 nitrogen and oxygen atoms in total. The second-order valence-electron chi connectivity index (χ2n) is 4.80. The first-order valence-electron chi connectivity index (χ1n) is 6.61. The van der Waals surface area contributed by atoms with Crippen LogP contribution in [0.4, 0.5) is 0 Å². The lowest BCUT2D eigenvalue weighted by Gasteiger charge is -2.14. The van der Waals surface area contributed by atoms with Gasteiger partial charge in [0.05, 0.1) is 10.6 Å². The summed E-state index contributed by atoms with van der Waals surface area (Å²) < 4.78 is 29.9. The van der Waals surface area contributed by atoms with Crippen molar-refractivity contribution < 1.29 is 8.42 Å². The van der Waals surface area contributed by atoms with Crippen LogP contribution in [0.3, 0.4) is 0 Å². The van der Waals surface area contributed by atoms with Gasteiger partial charge in [-0.15, -0.1) is 0 Å². The predicted molar refractivity (Wildman–Crippen MR) is 84.8 cm³/mol. The Morgan fingerprint density at radius 2 is 1.95 bits per heavy atom. The molecule has 1 atom stereocenters. The lowest BCUT2D eigenvalue weighted by molar-refractivity contribution is 0.572. The lowest BCUT2D eigenvalue weighted by Crippen LogP contribution is -2.20. The summed E-state index contributed by atoms with van der Waals surface area (Å²) in [5.41, 5.74) is 3.29. The van der Waals surface area contributed by atoms with E-state index in [2.05, 4.69) is 21.3 Å². The van der Waals surface area contributed by atoms with Gasteiger partial charge in [0.15, 0.2) is 0 Å². The fourth-order valence-electron chi connectivity index (χ4n) is 1.92. The Kier molecular flexibility index (Phi) is 5.10. The van der Waals surface area contributed by atoms with Crippen LogP contribution in [0.15, 0.2) is 34.5 Å². The van der Waals surface area contributed by atoms with Crippen LogP contribution in [0.2, 0.25) is 0 Å². The summed E-state index contributed by atoms with van der Waals surface area (Å²) in [5.74, 6) is 0. The minimum absolute atomic E-state index is 0.135. The molecule has 1 aromatic heterocycles. The molecule has 21 heavy (non-hydrogen) atoms. The van der Waals surface area contributed by atoms with E-state index in [1.54, 1.807) is 12.1 Å². The number of nitrogens with zero attached hydrogens (tertiary/aromatic N) is 1. The summed E-state index contributed by atoms with van der Waals surface area (Å²) in [6.07, 6.45) is 0. The molecule has 2 rings (SSSR count). The molecule has 1 aromatic carbocycles. The monoisotopic (exact) mass is 325 g/mol. The molecular weight excluding hydrogens is 306 g/mol. The highest BCUT2D eigenvalue weighted by atomic mass is 32.2. The molecule has 1 unspecified atom stereocenters. The Morgan fingerprint density at radius 3 is 2.48 bits per heavy atom. The fraction of sp³-hybridized carbons (Fsp3) is 0.357. The molecule has 0 aliphatic carbocycles. The Morgan fingerprint density at radius 1 is 1.29 bits per heavy atom. The molecule has 2 N–H and O–H groups in total. The van der Waals surface area contributed by atoms with E-state index in [1.807, 2.05) is 24.4 Å². The highest BCUT2D eigenvalue weighted by molar-refractivity contribution is 7.89. The second-order valence-corrected chi connectivity index (χ2v) is 7.32. The highest BCUT2D eigenvalue weighted by Crippen LogP contribution is 2.17. The molecule has 0 fully saturated rings. The van der Waals surface area contributed by atoms with Crippen molar-refractivity contribution in [2.24, 2.45) is 0 Å². The molecule has 1 heterocycles. The van der Waals surface area contributed by atoms with Crippen molar-refractivity contribution in [2.45, 2.75) is 31.3 Å². The predicted octanol–water partition coefficient (Wildman–Crippen LogP) is 2.21. The number of benzene rings is 1. The molecule has 0 bridgehead atoms. The third kappa shape index (κ3) is 3.88. The van der Waals surface area contributed by atoms with Crippen molar-refractivity contribution in [1.29, 1.82) is 0 Å². The highest BCUT2D eigenvalue weighted by Gasteiger charge is 2.12. The van der Waals surface area contributed by atoms with Gasteiger partial charge in [0.25, 0.3) is 0 Å². The Balaban J connectivity index is 2.03. The molecule has 7 heteroatoms. The number of sulfonamides is 1. The SMILES string of the molecule is CNS(=O)(=O)c1ccc(C(C)NCc2csnc2C)cc1. The van der Waals surface area contributed by atoms with Gasteiger partial charge in [-0.05, 0) is 55.7 Å². The summed E-state index contributed by atoms with van der Waals surface area (Å²) >= 11 is 1.46. The standard InChI is InChI=1S/C14H19N3O2S2/c1-10(16-8-13-9-20-17-11(13)2)12-4-6-14(7-5-12)21(18,19)15-3/h4-7,9-10,15-16H,8H2,1-3H3. The van der Waals surface area contributed by atoms with Gasteiger partial charge >= 0.3 is 0 Å².